The predicted octanol–water partition coefficient (Wildman–Crippen LogP) is 3.86. The van der Waals surface area contributed by atoms with E-state index in [1.165, 1.54) is 0 Å². The van der Waals surface area contributed by atoms with Crippen molar-refractivity contribution < 1.29 is 4.74 Å². The Morgan fingerprint density at radius 1 is 1.12 bits per heavy atom. The second-order valence-corrected chi connectivity index (χ2v) is 5.69. The van der Waals surface area contributed by atoms with Crippen LogP contribution in [-0.2, 0) is 13.0 Å². The van der Waals surface area contributed by atoms with E-state index >= 15 is 0 Å². The number of benzene rings is 1. The minimum absolute atomic E-state index is 0.776. The SMILES string of the molecule is CCCc1nc(Nc2ccc(OC)cc2)c2c(n1)c(C)nn2CC. The Balaban J connectivity index is 2.09. The van der Waals surface area contributed by atoms with Gasteiger partial charge in [0.15, 0.2) is 5.82 Å². The number of methoxy groups -OCH3 is 1. The standard InChI is InChI=1S/C18H23N5O/c1-5-7-15-20-16-12(3)22-23(6-2)17(16)18(21-15)19-13-8-10-14(24-4)11-9-13/h8-11H,5-7H2,1-4H3,(H,19,20,21). The molecule has 0 saturated heterocycles. The lowest BCUT2D eigenvalue weighted by Crippen LogP contribution is -2.05. The monoisotopic (exact) mass is 325 g/mol. The zero-order chi connectivity index (χ0) is 17.1. The zero-order valence-corrected chi connectivity index (χ0v) is 14.6. The van der Waals surface area contributed by atoms with Crippen LogP contribution in [0.5, 0.6) is 5.75 Å². The molecule has 1 N–H and O–H groups in total. The van der Waals surface area contributed by atoms with E-state index in [4.69, 9.17) is 14.7 Å². The Hall–Kier alpha value is -2.63. The van der Waals surface area contributed by atoms with Crippen LogP contribution in [0.3, 0.4) is 0 Å². The molecule has 0 atom stereocenters. The number of hydrogen-bond donors (Lipinski definition) is 1. The molecule has 0 aliphatic rings. The maximum Gasteiger partial charge on any atom is 0.160 e. The molecule has 3 aromatic rings. The lowest BCUT2D eigenvalue weighted by molar-refractivity contribution is 0.415. The smallest absolute Gasteiger partial charge is 0.160 e. The first-order valence-corrected chi connectivity index (χ1v) is 8.31. The number of rotatable bonds is 6. The number of hydrogen-bond acceptors (Lipinski definition) is 5. The Morgan fingerprint density at radius 2 is 1.88 bits per heavy atom. The maximum absolute atomic E-state index is 5.21. The zero-order valence-electron chi connectivity index (χ0n) is 14.6. The molecule has 3 rings (SSSR count). The average molecular weight is 325 g/mol. The molecule has 0 fully saturated rings. The summed E-state index contributed by atoms with van der Waals surface area (Å²) in [5.41, 5.74) is 3.76. The summed E-state index contributed by atoms with van der Waals surface area (Å²) in [6.45, 7) is 6.97. The first kappa shape index (κ1) is 16.2. The lowest BCUT2D eigenvalue weighted by Gasteiger charge is -2.11. The highest BCUT2D eigenvalue weighted by Crippen LogP contribution is 2.27. The van der Waals surface area contributed by atoms with E-state index in [1.54, 1.807) is 7.11 Å². The third-order valence-corrected chi connectivity index (χ3v) is 3.93. The van der Waals surface area contributed by atoms with Crippen LogP contribution in [0.15, 0.2) is 24.3 Å². The second-order valence-electron chi connectivity index (χ2n) is 5.69. The average Bonchev–Trinajstić information content (AvgIpc) is 2.92. The van der Waals surface area contributed by atoms with Gasteiger partial charge in [0.2, 0.25) is 0 Å². The quantitative estimate of drug-likeness (QED) is 0.745. The van der Waals surface area contributed by atoms with Gasteiger partial charge in [0.1, 0.15) is 22.6 Å². The molecule has 6 heteroatoms. The summed E-state index contributed by atoms with van der Waals surface area (Å²) in [7, 11) is 1.66. The van der Waals surface area contributed by atoms with Gasteiger partial charge in [0.05, 0.1) is 12.8 Å². The molecule has 24 heavy (non-hydrogen) atoms. The molecule has 0 spiro atoms. The molecule has 126 valence electrons. The third kappa shape index (κ3) is 3.04. The van der Waals surface area contributed by atoms with Crippen molar-refractivity contribution in [3.05, 3.63) is 35.8 Å². The number of nitrogens with zero attached hydrogens (tertiary/aromatic N) is 4. The Labute approximate surface area is 141 Å². The predicted molar refractivity (Wildman–Crippen MR) is 96.0 cm³/mol. The fourth-order valence-electron chi connectivity index (χ4n) is 2.74. The molecule has 2 heterocycles. The summed E-state index contributed by atoms with van der Waals surface area (Å²) >= 11 is 0. The molecule has 6 nitrogen and oxygen atoms in total. The highest BCUT2D eigenvalue weighted by Gasteiger charge is 2.16. The van der Waals surface area contributed by atoms with Gasteiger partial charge in [-0.25, -0.2) is 9.97 Å². The van der Waals surface area contributed by atoms with Gasteiger partial charge in [-0.2, -0.15) is 5.10 Å². The van der Waals surface area contributed by atoms with Gasteiger partial charge >= 0.3 is 0 Å². The van der Waals surface area contributed by atoms with Gasteiger partial charge in [-0.1, -0.05) is 6.92 Å². The fraction of sp³-hybridized carbons (Fsp3) is 0.389. The third-order valence-electron chi connectivity index (χ3n) is 3.93. The summed E-state index contributed by atoms with van der Waals surface area (Å²) in [4.78, 5) is 9.44. The van der Waals surface area contributed by atoms with Crippen LogP contribution in [0, 0.1) is 6.92 Å². The number of fused-ring (bicyclic) bond motifs is 1. The van der Waals surface area contributed by atoms with Crippen molar-refractivity contribution in [2.45, 2.75) is 40.2 Å². The summed E-state index contributed by atoms with van der Waals surface area (Å²) in [6, 6.07) is 7.81. The summed E-state index contributed by atoms with van der Waals surface area (Å²) in [6.07, 6.45) is 1.86. The van der Waals surface area contributed by atoms with Crippen molar-refractivity contribution >= 4 is 22.5 Å². The Morgan fingerprint density at radius 3 is 2.50 bits per heavy atom. The van der Waals surface area contributed by atoms with Crippen LogP contribution in [0.25, 0.3) is 11.0 Å². The van der Waals surface area contributed by atoms with E-state index in [1.807, 2.05) is 35.9 Å². The van der Waals surface area contributed by atoms with Crippen LogP contribution in [0.2, 0.25) is 0 Å². The van der Waals surface area contributed by atoms with E-state index in [9.17, 15) is 0 Å². The van der Waals surface area contributed by atoms with E-state index in [0.29, 0.717) is 0 Å². The van der Waals surface area contributed by atoms with Crippen LogP contribution in [0.4, 0.5) is 11.5 Å². The van der Waals surface area contributed by atoms with Crippen LogP contribution in [-0.4, -0.2) is 26.9 Å². The van der Waals surface area contributed by atoms with Crippen molar-refractivity contribution in [2.75, 3.05) is 12.4 Å². The summed E-state index contributed by atoms with van der Waals surface area (Å²) < 4.78 is 7.16. The number of aryl methyl sites for hydroxylation is 3. The molecule has 0 bridgehead atoms. The van der Waals surface area contributed by atoms with Crippen molar-refractivity contribution in [3.8, 4) is 5.75 Å². The van der Waals surface area contributed by atoms with Crippen LogP contribution < -0.4 is 10.1 Å². The second kappa shape index (κ2) is 6.86. The molecular formula is C18H23N5O. The minimum Gasteiger partial charge on any atom is -0.497 e. The Kier molecular flexibility index (Phi) is 4.64. The van der Waals surface area contributed by atoms with Gasteiger partial charge < -0.3 is 10.1 Å². The van der Waals surface area contributed by atoms with Crippen LogP contribution in [0.1, 0.15) is 31.8 Å². The van der Waals surface area contributed by atoms with Gasteiger partial charge in [-0.3, -0.25) is 4.68 Å². The van der Waals surface area contributed by atoms with E-state index in [-0.39, 0.29) is 0 Å². The Bertz CT molecular complexity index is 839. The first-order chi connectivity index (χ1) is 11.7. The summed E-state index contributed by atoms with van der Waals surface area (Å²) in [5, 5.41) is 8.01. The normalized spacial score (nSPS) is 11.0. The maximum atomic E-state index is 5.21. The molecular weight excluding hydrogens is 302 g/mol. The van der Waals surface area contributed by atoms with Crippen molar-refractivity contribution in [1.82, 2.24) is 19.7 Å². The van der Waals surface area contributed by atoms with Crippen molar-refractivity contribution in [2.24, 2.45) is 0 Å². The summed E-state index contributed by atoms with van der Waals surface area (Å²) in [5.74, 6) is 2.48. The van der Waals surface area contributed by atoms with Crippen molar-refractivity contribution in [1.29, 1.82) is 0 Å². The number of aromatic nitrogens is 4. The fourth-order valence-corrected chi connectivity index (χ4v) is 2.74. The molecule has 1 aromatic carbocycles. The van der Waals surface area contributed by atoms with E-state index in [0.717, 1.165) is 59.2 Å². The molecule has 0 aliphatic carbocycles. The highest BCUT2D eigenvalue weighted by atomic mass is 16.5. The number of ether oxygens (including phenoxy) is 1. The minimum atomic E-state index is 0.776. The van der Waals surface area contributed by atoms with E-state index < -0.39 is 0 Å². The number of anilines is 2. The highest BCUT2D eigenvalue weighted by molar-refractivity contribution is 5.89. The molecule has 0 aliphatic heterocycles. The molecule has 0 amide bonds. The van der Waals surface area contributed by atoms with Gasteiger partial charge in [-0.15, -0.1) is 0 Å². The van der Waals surface area contributed by atoms with Crippen molar-refractivity contribution in [3.63, 3.8) is 0 Å². The molecule has 0 radical (unpaired) electrons. The first-order valence-electron chi connectivity index (χ1n) is 8.31. The molecule has 2 aromatic heterocycles. The van der Waals surface area contributed by atoms with Crippen LogP contribution >= 0.6 is 0 Å². The number of nitrogens with one attached hydrogen (secondary N) is 1. The molecule has 0 saturated carbocycles. The lowest BCUT2D eigenvalue weighted by atomic mass is 10.2. The van der Waals surface area contributed by atoms with E-state index in [2.05, 4.69) is 24.3 Å². The largest absolute Gasteiger partial charge is 0.497 e. The van der Waals surface area contributed by atoms with Gasteiger partial charge in [0, 0.05) is 18.7 Å². The molecule has 0 unspecified atom stereocenters. The van der Waals surface area contributed by atoms with Gasteiger partial charge in [-0.05, 0) is 44.5 Å². The topological polar surface area (TPSA) is 64.9 Å². The van der Waals surface area contributed by atoms with Gasteiger partial charge in [0.25, 0.3) is 0 Å².